The van der Waals surface area contributed by atoms with Crippen LogP contribution in [0.15, 0.2) is 24.3 Å². The minimum Gasteiger partial charge on any atom is -0.493 e. The van der Waals surface area contributed by atoms with Crippen LogP contribution in [0, 0.1) is 11.8 Å². The molecule has 4 rings (SSSR count). The van der Waals surface area contributed by atoms with Crippen LogP contribution in [0.1, 0.15) is 192 Å². The van der Waals surface area contributed by atoms with Gasteiger partial charge in [-0.2, -0.15) is 0 Å². The third-order valence-corrected chi connectivity index (χ3v) is 11.2. The molecule has 0 aliphatic carbocycles. The first-order valence-corrected chi connectivity index (χ1v) is 20.1. The molecule has 4 unspecified atom stereocenters. The van der Waals surface area contributed by atoms with E-state index in [1.54, 1.807) is 0 Å². The number of hydrogen-bond acceptors (Lipinski definition) is 4. The van der Waals surface area contributed by atoms with Gasteiger partial charge in [-0.3, -0.25) is 0 Å². The third kappa shape index (κ3) is 10.5. The topological polar surface area (TPSA) is 43.5 Å². The fourth-order valence-corrected chi connectivity index (χ4v) is 7.75. The van der Waals surface area contributed by atoms with Crippen molar-refractivity contribution in [1.82, 2.24) is 0 Å². The van der Waals surface area contributed by atoms with Crippen molar-refractivity contribution in [2.24, 2.45) is 11.8 Å². The first-order chi connectivity index (χ1) is 23.3. The fourth-order valence-electron chi connectivity index (χ4n) is 7.75. The Morgan fingerprint density at radius 1 is 0.571 bits per heavy atom. The Morgan fingerprint density at radius 3 is 1.12 bits per heavy atom. The van der Waals surface area contributed by atoms with Crippen molar-refractivity contribution >= 4 is 0 Å². The van der Waals surface area contributed by atoms with Gasteiger partial charge in [0.25, 0.3) is 0 Å². The highest BCUT2D eigenvalue weighted by molar-refractivity contribution is 5.55. The molecule has 2 saturated heterocycles. The van der Waals surface area contributed by atoms with E-state index in [4.69, 9.17) is 18.9 Å². The molecule has 4 nitrogen and oxygen atoms in total. The second kappa shape index (κ2) is 17.9. The van der Waals surface area contributed by atoms with Crippen molar-refractivity contribution in [2.75, 3.05) is 26.4 Å². The summed E-state index contributed by atoms with van der Waals surface area (Å²) in [5, 5.41) is 0. The van der Waals surface area contributed by atoms with Crippen molar-refractivity contribution < 1.29 is 18.9 Å². The summed E-state index contributed by atoms with van der Waals surface area (Å²) in [6, 6.07) is 9.81. The maximum Gasteiger partial charge on any atom is 0.126 e. The molecule has 0 bridgehead atoms. The molecule has 0 amide bonds. The van der Waals surface area contributed by atoms with E-state index in [-0.39, 0.29) is 5.41 Å². The average Bonchev–Trinajstić information content (AvgIpc) is 3.97. The SMILES string of the molecule is CCCC(CCCOc1c(C(C)C)cc(C(C)(C)c2cc(C(C)C)c(OCCCC(CCC)C3CO3)c(C(C)C)c2)cc1C(C)C)C1CO1. The van der Waals surface area contributed by atoms with Crippen molar-refractivity contribution in [3.8, 4) is 11.5 Å². The first-order valence-electron chi connectivity index (χ1n) is 20.1. The minimum atomic E-state index is -0.188. The lowest BCUT2D eigenvalue weighted by Crippen LogP contribution is -2.22. The molecule has 0 aromatic heterocycles. The van der Waals surface area contributed by atoms with Crippen LogP contribution in [0.4, 0.5) is 0 Å². The number of rotatable bonds is 22. The van der Waals surface area contributed by atoms with Gasteiger partial charge < -0.3 is 18.9 Å². The van der Waals surface area contributed by atoms with Crippen LogP contribution in [-0.2, 0) is 14.9 Å². The van der Waals surface area contributed by atoms with E-state index in [1.807, 2.05) is 0 Å². The second-order valence-corrected chi connectivity index (χ2v) is 17.0. The molecular weight excluding hydrogens is 604 g/mol. The zero-order chi connectivity index (χ0) is 35.9. The molecule has 2 aliphatic heterocycles. The van der Waals surface area contributed by atoms with E-state index in [0.717, 1.165) is 50.8 Å². The largest absolute Gasteiger partial charge is 0.493 e. The van der Waals surface area contributed by atoms with Crippen molar-refractivity contribution in [1.29, 1.82) is 0 Å². The molecule has 2 fully saturated rings. The Labute approximate surface area is 301 Å². The number of benzene rings is 2. The molecule has 0 radical (unpaired) electrons. The number of hydrogen-bond donors (Lipinski definition) is 0. The standard InChI is InChI=1S/C45H72O4/c1-13-17-33(41-27-48-41)19-15-21-46-43-37(29(3)4)23-35(24-38(43)30(5)6)45(11,12)36-25-39(31(7)8)44(40(26-36)32(9)10)47-22-16-20-34(18-14-2)42-28-49-42/h23-26,29-34,41-42H,13-22,27-28H2,1-12H3. The average molecular weight is 677 g/mol. The highest BCUT2D eigenvalue weighted by Crippen LogP contribution is 2.45. The van der Waals surface area contributed by atoms with Crippen LogP contribution in [0.5, 0.6) is 11.5 Å². The number of epoxide rings is 2. The molecule has 2 aromatic rings. The van der Waals surface area contributed by atoms with Crippen LogP contribution in [0.2, 0.25) is 0 Å². The Kier molecular flexibility index (Phi) is 14.6. The van der Waals surface area contributed by atoms with E-state index in [1.165, 1.54) is 71.9 Å². The van der Waals surface area contributed by atoms with Gasteiger partial charge in [-0.25, -0.2) is 0 Å². The van der Waals surface area contributed by atoms with Crippen molar-refractivity contribution in [3.63, 3.8) is 0 Å². The summed E-state index contributed by atoms with van der Waals surface area (Å²) in [7, 11) is 0. The highest BCUT2D eigenvalue weighted by atomic mass is 16.6. The summed E-state index contributed by atoms with van der Waals surface area (Å²) in [5.74, 6) is 5.05. The lowest BCUT2D eigenvalue weighted by atomic mass is 9.73. The van der Waals surface area contributed by atoms with Crippen LogP contribution >= 0.6 is 0 Å². The van der Waals surface area contributed by atoms with Crippen LogP contribution in [0.3, 0.4) is 0 Å². The van der Waals surface area contributed by atoms with Gasteiger partial charge in [0, 0.05) is 5.41 Å². The van der Waals surface area contributed by atoms with Gasteiger partial charge >= 0.3 is 0 Å². The molecule has 0 N–H and O–H groups in total. The molecule has 0 saturated carbocycles. The normalized spacial score (nSPS) is 18.9. The summed E-state index contributed by atoms with van der Waals surface area (Å²) in [6.45, 7) is 31.3. The van der Waals surface area contributed by atoms with Gasteiger partial charge in [0.1, 0.15) is 11.5 Å². The predicted octanol–water partition coefficient (Wildman–Crippen LogP) is 12.5. The van der Waals surface area contributed by atoms with Gasteiger partial charge in [-0.05, 0) is 107 Å². The molecule has 2 aromatic carbocycles. The van der Waals surface area contributed by atoms with Gasteiger partial charge in [0.05, 0.1) is 38.6 Å². The molecule has 0 spiro atoms. The van der Waals surface area contributed by atoms with Crippen molar-refractivity contribution in [3.05, 3.63) is 57.6 Å². The van der Waals surface area contributed by atoms with E-state index in [2.05, 4.69) is 107 Å². The quantitative estimate of drug-likeness (QED) is 0.0919. The lowest BCUT2D eigenvalue weighted by molar-refractivity contribution is 0.255. The molecule has 2 aliphatic rings. The molecule has 2 heterocycles. The molecular formula is C45H72O4. The molecule has 4 heteroatoms. The Balaban J connectivity index is 1.60. The molecule has 49 heavy (non-hydrogen) atoms. The highest BCUT2D eigenvalue weighted by Gasteiger charge is 2.33. The van der Waals surface area contributed by atoms with Crippen LogP contribution in [-0.4, -0.2) is 38.6 Å². The fraction of sp³-hybridized carbons (Fsp3) is 0.733. The van der Waals surface area contributed by atoms with E-state index in [0.29, 0.717) is 47.7 Å². The maximum absolute atomic E-state index is 6.74. The molecule has 4 atom stereocenters. The summed E-state index contributed by atoms with van der Waals surface area (Å²) in [6.07, 6.45) is 10.4. The summed E-state index contributed by atoms with van der Waals surface area (Å²) in [5.41, 5.74) is 7.86. The zero-order valence-electron chi connectivity index (χ0n) is 33.5. The van der Waals surface area contributed by atoms with Crippen molar-refractivity contribution in [2.45, 2.75) is 176 Å². The Bertz CT molecular complexity index is 1160. The summed E-state index contributed by atoms with van der Waals surface area (Å²) < 4.78 is 24.8. The monoisotopic (exact) mass is 677 g/mol. The van der Waals surface area contributed by atoms with Gasteiger partial charge in [0.15, 0.2) is 0 Å². The minimum absolute atomic E-state index is 0.188. The van der Waals surface area contributed by atoms with E-state index in [9.17, 15) is 0 Å². The maximum atomic E-state index is 6.74. The van der Waals surface area contributed by atoms with Crippen LogP contribution < -0.4 is 9.47 Å². The Hall–Kier alpha value is -2.04. The first kappa shape index (κ1) is 39.7. The van der Waals surface area contributed by atoms with Gasteiger partial charge in [-0.15, -0.1) is 0 Å². The Morgan fingerprint density at radius 2 is 0.878 bits per heavy atom. The second-order valence-electron chi connectivity index (χ2n) is 17.0. The van der Waals surface area contributed by atoms with Gasteiger partial charge in [0.2, 0.25) is 0 Å². The van der Waals surface area contributed by atoms with Gasteiger partial charge in [-0.1, -0.05) is 120 Å². The summed E-state index contributed by atoms with van der Waals surface area (Å²) >= 11 is 0. The van der Waals surface area contributed by atoms with E-state index >= 15 is 0 Å². The molecule has 276 valence electrons. The predicted molar refractivity (Wildman–Crippen MR) is 207 cm³/mol. The van der Waals surface area contributed by atoms with Crippen LogP contribution in [0.25, 0.3) is 0 Å². The lowest BCUT2D eigenvalue weighted by Gasteiger charge is -2.32. The number of ether oxygens (including phenoxy) is 4. The zero-order valence-corrected chi connectivity index (χ0v) is 33.5. The smallest absolute Gasteiger partial charge is 0.126 e. The summed E-state index contributed by atoms with van der Waals surface area (Å²) in [4.78, 5) is 0. The third-order valence-electron chi connectivity index (χ3n) is 11.2. The van der Waals surface area contributed by atoms with E-state index < -0.39 is 0 Å².